The molecule has 0 amide bonds. The smallest absolute Gasteiger partial charge is 0.340 e. The van der Waals surface area contributed by atoms with Gasteiger partial charge in [0.05, 0.1) is 12.7 Å². The van der Waals surface area contributed by atoms with Crippen LogP contribution in [0.4, 0.5) is 0 Å². The molecule has 94 valence electrons. The summed E-state index contributed by atoms with van der Waals surface area (Å²) >= 11 is 0. The summed E-state index contributed by atoms with van der Waals surface area (Å²) < 4.78 is 4.75. The second kappa shape index (κ2) is 5.51. The predicted octanol–water partition coefficient (Wildman–Crippen LogP) is 2.19. The third-order valence-electron chi connectivity index (χ3n) is 2.74. The Morgan fingerprint density at radius 3 is 3.06 bits per heavy atom. The summed E-state index contributed by atoms with van der Waals surface area (Å²) in [6.45, 7) is 0.815. The molecule has 4 nitrogen and oxygen atoms in total. The average Bonchev–Trinajstić information content (AvgIpc) is 2.81. The van der Waals surface area contributed by atoms with Gasteiger partial charge in [-0.15, -0.1) is 0 Å². The fourth-order valence-electron chi connectivity index (χ4n) is 1.83. The van der Waals surface area contributed by atoms with Crippen molar-refractivity contribution in [2.75, 3.05) is 20.7 Å². The molecule has 18 heavy (non-hydrogen) atoms. The molecule has 0 fully saturated rings. The number of carbonyl (C=O) groups excluding carboxylic acids is 1. The highest BCUT2D eigenvalue weighted by molar-refractivity contribution is 6.04. The maximum Gasteiger partial charge on any atom is 0.340 e. The molecule has 2 aromatic rings. The van der Waals surface area contributed by atoms with E-state index in [2.05, 4.69) is 10.3 Å². The first kappa shape index (κ1) is 12.4. The van der Waals surface area contributed by atoms with Crippen LogP contribution < -0.4 is 5.32 Å². The Morgan fingerprint density at radius 2 is 2.33 bits per heavy atom. The zero-order valence-electron chi connectivity index (χ0n) is 10.5. The van der Waals surface area contributed by atoms with Gasteiger partial charge in [0.1, 0.15) is 0 Å². The lowest BCUT2D eigenvalue weighted by atomic mass is 10.1. The molecule has 0 atom stereocenters. The van der Waals surface area contributed by atoms with Gasteiger partial charge in [-0.25, -0.2) is 4.79 Å². The molecule has 0 saturated heterocycles. The van der Waals surface area contributed by atoms with Gasteiger partial charge >= 0.3 is 5.97 Å². The van der Waals surface area contributed by atoms with Crippen molar-refractivity contribution in [3.8, 4) is 0 Å². The van der Waals surface area contributed by atoms with Crippen LogP contribution in [0.1, 0.15) is 15.9 Å². The second-order valence-electron chi connectivity index (χ2n) is 3.96. The molecule has 1 aromatic heterocycles. The number of benzene rings is 1. The predicted molar refractivity (Wildman–Crippen MR) is 72.6 cm³/mol. The molecule has 0 aliphatic rings. The lowest BCUT2D eigenvalue weighted by Gasteiger charge is -1.98. The van der Waals surface area contributed by atoms with Gasteiger partial charge in [-0.3, -0.25) is 0 Å². The van der Waals surface area contributed by atoms with Crippen LogP contribution in [-0.4, -0.2) is 31.7 Å². The van der Waals surface area contributed by atoms with Gasteiger partial charge in [-0.05, 0) is 24.7 Å². The fourth-order valence-corrected chi connectivity index (χ4v) is 1.83. The number of fused-ring (bicyclic) bond motifs is 1. The highest BCUT2D eigenvalue weighted by Crippen LogP contribution is 2.21. The molecular weight excluding hydrogens is 228 g/mol. The number of hydrogen-bond donors (Lipinski definition) is 2. The molecule has 1 heterocycles. The summed E-state index contributed by atoms with van der Waals surface area (Å²) in [7, 11) is 3.28. The maximum absolute atomic E-state index is 11.6. The lowest BCUT2D eigenvalue weighted by molar-refractivity contribution is 0.0603. The first-order valence-electron chi connectivity index (χ1n) is 5.77. The van der Waals surface area contributed by atoms with Crippen molar-refractivity contribution >= 4 is 22.9 Å². The summed E-state index contributed by atoms with van der Waals surface area (Å²) in [5, 5.41) is 3.92. The summed E-state index contributed by atoms with van der Waals surface area (Å²) in [6, 6.07) is 5.94. The van der Waals surface area contributed by atoms with Crippen molar-refractivity contribution < 1.29 is 9.53 Å². The summed E-state index contributed by atoms with van der Waals surface area (Å²) in [6.07, 6.45) is 5.73. The van der Waals surface area contributed by atoms with Gasteiger partial charge in [0, 0.05) is 23.6 Å². The van der Waals surface area contributed by atoms with E-state index in [0.29, 0.717) is 5.56 Å². The zero-order valence-corrected chi connectivity index (χ0v) is 10.5. The minimum atomic E-state index is -0.322. The summed E-state index contributed by atoms with van der Waals surface area (Å²) in [4.78, 5) is 14.7. The van der Waals surface area contributed by atoms with E-state index in [4.69, 9.17) is 4.74 Å². The van der Waals surface area contributed by atoms with Gasteiger partial charge in [0.15, 0.2) is 0 Å². The van der Waals surface area contributed by atoms with Crippen LogP contribution >= 0.6 is 0 Å². The number of rotatable bonds is 4. The first-order chi connectivity index (χ1) is 8.76. The van der Waals surface area contributed by atoms with E-state index in [1.165, 1.54) is 7.11 Å². The van der Waals surface area contributed by atoms with E-state index < -0.39 is 0 Å². The SMILES string of the molecule is CNCC=Cc1ccc2[nH]cc(C(=O)OC)c2c1. The van der Waals surface area contributed by atoms with Crippen molar-refractivity contribution in [3.63, 3.8) is 0 Å². The molecule has 0 spiro atoms. The van der Waals surface area contributed by atoms with Gasteiger partial charge in [0.2, 0.25) is 0 Å². The molecular formula is C14H16N2O2. The van der Waals surface area contributed by atoms with E-state index >= 15 is 0 Å². The molecule has 4 heteroatoms. The molecule has 0 aliphatic heterocycles. The molecule has 0 aliphatic carbocycles. The number of H-pyrrole nitrogens is 1. The zero-order chi connectivity index (χ0) is 13.0. The Balaban J connectivity index is 2.39. The van der Waals surface area contributed by atoms with Crippen molar-refractivity contribution in [2.24, 2.45) is 0 Å². The van der Waals surface area contributed by atoms with Crippen LogP contribution in [0.3, 0.4) is 0 Å². The Kier molecular flexibility index (Phi) is 3.79. The number of nitrogens with one attached hydrogen (secondary N) is 2. The van der Waals surface area contributed by atoms with E-state index in [9.17, 15) is 4.79 Å². The van der Waals surface area contributed by atoms with Gasteiger partial charge in [-0.2, -0.15) is 0 Å². The van der Waals surface area contributed by atoms with Crippen LogP contribution in [0.15, 0.2) is 30.5 Å². The quantitative estimate of drug-likeness (QED) is 0.811. The number of hydrogen-bond acceptors (Lipinski definition) is 3. The minimum absolute atomic E-state index is 0.322. The molecule has 2 rings (SSSR count). The highest BCUT2D eigenvalue weighted by Gasteiger charge is 2.11. The fraction of sp³-hybridized carbons (Fsp3) is 0.214. The van der Waals surface area contributed by atoms with E-state index in [1.54, 1.807) is 6.20 Å². The van der Waals surface area contributed by atoms with Gasteiger partial charge in [-0.1, -0.05) is 18.2 Å². The van der Waals surface area contributed by atoms with Crippen molar-refractivity contribution in [1.82, 2.24) is 10.3 Å². The van der Waals surface area contributed by atoms with Crippen LogP contribution in [0.25, 0.3) is 17.0 Å². The Bertz CT molecular complexity index is 584. The molecule has 0 unspecified atom stereocenters. The number of likely N-dealkylation sites (N-methyl/N-ethyl adjacent to an activating group) is 1. The number of ether oxygens (including phenoxy) is 1. The highest BCUT2D eigenvalue weighted by atomic mass is 16.5. The molecule has 2 N–H and O–H groups in total. The van der Waals surface area contributed by atoms with E-state index in [1.807, 2.05) is 37.4 Å². The largest absolute Gasteiger partial charge is 0.465 e. The van der Waals surface area contributed by atoms with Crippen molar-refractivity contribution in [3.05, 3.63) is 41.6 Å². The van der Waals surface area contributed by atoms with E-state index in [-0.39, 0.29) is 5.97 Å². The number of methoxy groups -OCH3 is 1. The summed E-state index contributed by atoms with van der Waals surface area (Å²) in [5.41, 5.74) is 2.56. The topological polar surface area (TPSA) is 54.1 Å². The van der Waals surface area contributed by atoms with Crippen LogP contribution in [0, 0.1) is 0 Å². The maximum atomic E-state index is 11.6. The summed E-state index contributed by atoms with van der Waals surface area (Å²) in [5.74, 6) is -0.322. The van der Waals surface area contributed by atoms with E-state index in [0.717, 1.165) is 23.0 Å². The normalized spacial score (nSPS) is 11.2. The van der Waals surface area contributed by atoms with Crippen LogP contribution in [-0.2, 0) is 4.74 Å². The van der Waals surface area contributed by atoms with Gasteiger partial charge in [0.25, 0.3) is 0 Å². The number of aromatic amines is 1. The molecule has 0 bridgehead atoms. The first-order valence-corrected chi connectivity index (χ1v) is 5.77. The van der Waals surface area contributed by atoms with Gasteiger partial charge < -0.3 is 15.0 Å². The Morgan fingerprint density at radius 1 is 1.50 bits per heavy atom. The van der Waals surface area contributed by atoms with Crippen LogP contribution in [0.2, 0.25) is 0 Å². The van der Waals surface area contributed by atoms with Crippen molar-refractivity contribution in [2.45, 2.75) is 0 Å². The number of carbonyl (C=O) groups is 1. The third-order valence-corrected chi connectivity index (χ3v) is 2.74. The van der Waals surface area contributed by atoms with Crippen molar-refractivity contribution in [1.29, 1.82) is 0 Å². The monoisotopic (exact) mass is 244 g/mol. The Labute approximate surface area is 106 Å². The standard InChI is InChI=1S/C14H16N2O2/c1-15-7-3-4-10-5-6-13-11(8-10)12(9-16-13)14(17)18-2/h3-6,8-9,15-16H,7H2,1-2H3. The lowest BCUT2D eigenvalue weighted by Crippen LogP contribution is -2.03. The molecule has 0 radical (unpaired) electrons. The minimum Gasteiger partial charge on any atom is -0.465 e. The molecule has 0 saturated carbocycles. The number of esters is 1. The number of aromatic nitrogens is 1. The Hall–Kier alpha value is -2.07. The average molecular weight is 244 g/mol. The molecule has 1 aromatic carbocycles. The van der Waals surface area contributed by atoms with Crippen LogP contribution in [0.5, 0.6) is 0 Å². The third kappa shape index (κ3) is 2.43. The second-order valence-corrected chi connectivity index (χ2v) is 3.96.